The molecule has 0 aromatic carbocycles. The van der Waals surface area contributed by atoms with Crippen molar-refractivity contribution in [1.29, 1.82) is 0 Å². The van der Waals surface area contributed by atoms with Gasteiger partial charge in [-0.3, -0.25) is 0 Å². The molecule has 3 N–H and O–H groups in total. The summed E-state index contributed by atoms with van der Waals surface area (Å²) < 4.78 is 0. The van der Waals surface area contributed by atoms with E-state index < -0.39 is 12.2 Å². The molecule has 0 spiro atoms. The Bertz CT molecular complexity index is 238. The highest BCUT2D eigenvalue weighted by Crippen LogP contribution is 1.86. The summed E-state index contributed by atoms with van der Waals surface area (Å²) in [7, 11) is 0. The maximum atomic E-state index is 9.01. The molecular formula is C10H14O3. The number of rotatable bonds is 3. The van der Waals surface area contributed by atoms with E-state index in [0.29, 0.717) is 6.42 Å². The van der Waals surface area contributed by atoms with E-state index in [-0.39, 0.29) is 13.0 Å². The van der Waals surface area contributed by atoms with Crippen molar-refractivity contribution in [3.05, 3.63) is 0 Å². The van der Waals surface area contributed by atoms with Crippen LogP contribution in [0.15, 0.2) is 0 Å². The van der Waals surface area contributed by atoms with Crippen LogP contribution < -0.4 is 0 Å². The van der Waals surface area contributed by atoms with Crippen LogP contribution in [0.5, 0.6) is 0 Å². The van der Waals surface area contributed by atoms with Crippen LogP contribution in [0.2, 0.25) is 0 Å². The Morgan fingerprint density at radius 1 is 1.08 bits per heavy atom. The smallest absolute Gasteiger partial charge is 0.117 e. The van der Waals surface area contributed by atoms with Gasteiger partial charge in [-0.2, -0.15) is 0 Å². The molecule has 13 heavy (non-hydrogen) atoms. The van der Waals surface area contributed by atoms with E-state index in [1.807, 2.05) is 6.92 Å². The molecule has 72 valence electrons. The van der Waals surface area contributed by atoms with E-state index in [1.54, 1.807) is 0 Å². The zero-order valence-corrected chi connectivity index (χ0v) is 7.62. The molecule has 0 unspecified atom stereocenters. The molecule has 0 rings (SSSR count). The number of hydrogen-bond donors (Lipinski definition) is 3. The summed E-state index contributed by atoms with van der Waals surface area (Å²) in [5.74, 6) is 9.74. The number of hydrogen-bond acceptors (Lipinski definition) is 3. The van der Waals surface area contributed by atoms with Crippen molar-refractivity contribution in [3.63, 3.8) is 0 Å². The third kappa shape index (κ3) is 7.36. The van der Waals surface area contributed by atoms with Crippen LogP contribution in [0.1, 0.15) is 19.8 Å². The second-order valence-corrected chi connectivity index (χ2v) is 2.49. The van der Waals surface area contributed by atoms with Crippen molar-refractivity contribution in [2.75, 3.05) is 6.61 Å². The van der Waals surface area contributed by atoms with E-state index >= 15 is 0 Å². The summed E-state index contributed by atoms with van der Waals surface area (Å²) in [5, 5.41) is 26.4. The molecule has 0 bridgehead atoms. The largest absolute Gasteiger partial charge is 0.396 e. The van der Waals surface area contributed by atoms with E-state index in [2.05, 4.69) is 23.7 Å². The highest BCUT2D eigenvalue weighted by Gasteiger charge is 1.94. The standard InChI is InChI=1S/C10H14O3/c1-2-9(12)5-3-4-6-10(13)7-8-11/h9-13H,2,7-8H2,1H3/t9-,10+/m0/s1. The first-order valence-electron chi connectivity index (χ1n) is 4.18. The minimum atomic E-state index is -0.835. The highest BCUT2D eigenvalue weighted by atomic mass is 16.3. The Labute approximate surface area is 78.4 Å². The number of aliphatic hydroxyl groups is 3. The topological polar surface area (TPSA) is 60.7 Å². The van der Waals surface area contributed by atoms with E-state index in [0.717, 1.165) is 0 Å². The van der Waals surface area contributed by atoms with Crippen molar-refractivity contribution in [2.45, 2.75) is 32.0 Å². The van der Waals surface area contributed by atoms with E-state index in [9.17, 15) is 0 Å². The quantitative estimate of drug-likeness (QED) is 0.516. The second kappa shape index (κ2) is 7.64. The SMILES string of the molecule is CC[C@H](O)C#CC#C[C@@H](O)CCO. The fourth-order valence-corrected chi connectivity index (χ4v) is 0.535. The molecule has 0 heterocycles. The minimum absolute atomic E-state index is 0.0964. The van der Waals surface area contributed by atoms with Gasteiger partial charge in [-0.15, -0.1) is 0 Å². The Morgan fingerprint density at radius 3 is 2.08 bits per heavy atom. The van der Waals surface area contributed by atoms with Gasteiger partial charge in [0.1, 0.15) is 12.2 Å². The first kappa shape index (κ1) is 12.0. The van der Waals surface area contributed by atoms with Gasteiger partial charge in [0, 0.05) is 13.0 Å². The van der Waals surface area contributed by atoms with Crippen LogP contribution in [-0.2, 0) is 0 Å². The third-order valence-electron chi connectivity index (χ3n) is 1.33. The fraction of sp³-hybridized carbons (Fsp3) is 0.600. The van der Waals surface area contributed by atoms with Crippen molar-refractivity contribution in [3.8, 4) is 23.7 Å². The van der Waals surface area contributed by atoms with Crippen LogP contribution in [0.3, 0.4) is 0 Å². The molecule has 3 nitrogen and oxygen atoms in total. The maximum Gasteiger partial charge on any atom is 0.117 e. The lowest BCUT2D eigenvalue weighted by Gasteiger charge is -1.95. The average Bonchev–Trinajstić information content (AvgIpc) is 2.12. The highest BCUT2D eigenvalue weighted by molar-refractivity contribution is 5.28. The first-order valence-corrected chi connectivity index (χ1v) is 4.18. The van der Waals surface area contributed by atoms with Gasteiger partial charge in [-0.05, 0) is 18.3 Å². The Hall–Kier alpha value is -1.00. The van der Waals surface area contributed by atoms with Crippen molar-refractivity contribution in [2.24, 2.45) is 0 Å². The Morgan fingerprint density at radius 2 is 1.62 bits per heavy atom. The molecule has 2 atom stereocenters. The summed E-state index contributed by atoms with van der Waals surface area (Å²) >= 11 is 0. The maximum absolute atomic E-state index is 9.01. The van der Waals surface area contributed by atoms with Gasteiger partial charge in [0.25, 0.3) is 0 Å². The molecule has 0 aromatic heterocycles. The van der Waals surface area contributed by atoms with Crippen molar-refractivity contribution < 1.29 is 15.3 Å². The van der Waals surface area contributed by atoms with Crippen LogP contribution in [0, 0.1) is 23.7 Å². The molecule has 0 amide bonds. The van der Waals surface area contributed by atoms with Crippen molar-refractivity contribution >= 4 is 0 Å². The minimum Gasteiger partial charge on any atom is -0.396 e. The lowest BCUT2D eigenvalue weighted by Crippen LogP contribution is -2.04. The van der Waals surface area contributed by atoms with Gasteiger partial charge in [-0.1, -0.05) is 18.8 Å². The molecule has 0 aliphatic heterocycles. The van der Waals surface area contributed by atoms with Crippen LogP contribution in [-0.4, -0.2) is 34.1 Å². The van der Waals surface area contributed by atoms with E-state index in [4.69, 9.17) is 15.3 Å². The molecular weight excluding hydrogens is 168 g/mol. The van der Waals surface area contributed by atoms with Crippen LogP contribution >= 0.6 is 0 Å². The Balaban J connectivity index is 3.87. The number of aliphatic hydroxyl groups excluding tert-OH is 3. The summed E-state index contributed by atoms with van der Waals surface area (Å²) in [6.45, 7) is 1.72. The summed E-state index contributed by atoms with van der Waals surface area (Å²) in [5.41, 5.74) is 0. The molecule has 0 aliphatic carbocycles. The zero-order chi connectivity index (χ0) is 10.1. The molecule has 0 saturated heterocycles. The van der Waals surface area contributed by atoms with Crippen LogP contribution in [0.4, 0.5) is 0 Å². The third-order valence-corrected chi connectivity index (χ3v) is 1.33. The molecule has 0 saturated carbocycles. The predicted octanol–water partition coefficient (Wildman–Crippen LogP) is -0.493. The van der Waals surface area contributed by atoms with Gasteiger partial charge in [0.05, 0.1) is 0 Å². The van der Waals surface area contributed by atoms with E-state index in [1.165, 1.54) is 0 Å². The van der Waals surface area contributed by atoms with Gasteiger partial charge >= 0.3 is 0 Å². The Kier molecular flexibility index (Phi) is 7.05. The summed E-state index contributed by atoms with van der Waals surface area (Å²) in [4.78, 5) is 0. The normalized spacial score (nSPS) is 13.2. The molecule has 0 aliphatic rings. The van der Waals surface area contributed by atoms with Crippen LogP contribution in [0.25, 0.3) is 0 Å². The molecule has 0 fully saturated rings. The predicted molar refractivity (Wildman–Crippen MR) is 49.6 cm³/mol. The second-order valence-electron chi connectivity index (χ2n) is 2.49. The monoisotopic (exact) mass is 182 g/mol. The van der Waals surface area contributed by atoms with Crippen molar-refractivity contribution in [1.82, 2.24) is 0 Å². The summed E-state index contributed by atoms with van der Waals surface area (Å²) in [6, 6.07) is 0. The fourth-order valence-electron chi connectivity index (χ4n) is 0.535. The van der Waals surface area contributed by atoms with Gasteiger partial charge in [0.15, 0.2) is 0 Å². The molecule has 0 aromatic rings. The van der Waals surface area contributed by atoms with Gasteiger partial charge in [0.2, 0.25) is 0 Å². The lowest BCUT2D eigenvalue weighted by molar-refractivity contribution is 0.177. The van der Waals surface area contributed by atoms with Gasteiger partial charge < -0.3 is 15.3 Å². The average molecular weight is 182 g/mol. The first-order chi connectivity index (χ1) is 6.20. The molecule has 3 heteroatoms. The summed E-state index contributed by atoms with van der Waals surface area (Å²) in [6.07, 6.45) is -0.693. The molecule has 0 radical (unpaired) electrons. The zero-order valence-electron chi connectivity index (χ0n) is 7.62. The lowest BCUT2D eigenvalue weighted by atomic mass is 10.2. The van der Waals surface area contributed by atoms with Gasteiger partial charge in [-0.25, -0.2) is 0 Å².